The number of carbonyl (C=O) groups is 1. The number of carbonyl (C=O) groups excluding carboxylic acids is 1. The van der Waals surface area contributed by atoms with E-state index in [-0.39, 0.29) is 18.1 Å². The summed E-state index contributed by atoms with van der Waals surface area (Å²) >= 11 is 6.19. The molecule has 1 atom stereocenters. The van der Waals surface area contributed by atoms with Gasteiger partial charge in [0.05, 0.1) is 5.02 Å². The Bertz CT molecular complexity index is 544. The third kappa shape index (κ3) is 9.10. The Labute approximate surface area is 156 Å². The highest BCUT2D eigenvalue weighted by molar-refractivity contribution is 6.32. The van der Waals surface area contributed by atoms with Gasteiger partial charge in [-0.25, -0.2) is 0 Å². The van der Waals surface area contributed by atoms with E-state index in [1.165, 1.54) is 0 Å². The Kier molecular flexibility index (Phi) is 9.25. The van der Waals surface area contributed by atoms with Crippen molar-refractivity contribution in [3.8, 4) is 5.75 Å². The van der Waals surface area contributed by atoms with Crippen LogP contribution >= 0.6 is 11.6 Å². The van der Waals surface area contributed by atoms with Crippen LogP contribution in [-0.2, 0) is 0 Å². The van der Waals surface area contributed by atoms with Gasteiger partial charge in [0.2, 0.25) is 0 Å². The standard InChI is InChI=1S/C19H31ClN2O3/c1-5-6-7-10-21-18(24)14-8-9-17(16(20)11-14)25-13-15(23)12-22-19(2,3)4/h8-9,11,15,22-23H,5-7,10,12-13H2,1-4H3,(H,21,24). The molecule has 0 bridgehead atoms. The number of nitrogens with one attached hydrogen (secondary N) is 2. The zero-order valence-corrected chi connectivity index (χ0v) is 16.4. The van der Waals surface area contributed by atoms with Gasteiger partial charge in [-0.3, -0.25) is 4.79 Å². The van der Waals surface area contributed by atoms with Crippen molar-refractivity contribution in [1.82, 2.24) is 10.6 Å². The Hall–Kier alpha value is -1.30. The second-order valence-corrected chi connectivity index (χ2v) is 7.61. The quantitative estimate of drug-likeness (QED) is 0.552. The molecule has 0 saturated heterocycles. The Morgan fingerprint density at radius 3 is 2.64 bits per heavy atom. The molecule has 0 radical (unpaired) electrons. The topological polar surface area (TPSA) is 70.6 Å². The smallest absolute Gasteiger partial charge is 0.251 e. The molecule has 0 saturated carbocycles. The van der Waals surface area contributed by atoms with E-state index in [1.807, 2.05) is 20.8 Å². The lowest BCUT2D eigenvalue weighted by molar-refractivity contribution is 0.0951. The van der Waals surface area contributed by atoms with E-state index in [0.717, 1.165) is 19.3 Å². The van der Waals surface area contributed by atoms with Gasteiger partial charge >= 0.3 is 0 Å². The average molecular weight is 371 g/mol. The molecule has 3 N–H and O–H groups in total. The third-order valence-corrected chi connectivity index (χ3v) is 3.85. The van der Waals surface area contributed by atoms with Gasteiger partial charge in [0.1, 0.15) is 18.5 Å². The fourth-order valence-electron chi connectivity index (χ4n) is 2.11. The molecule has 0 fully saturated rings. The lowest BCUT2D eigenvalue weighted by Gasteiger charge is -2.23. The number of amides is 1. The van der Waals surface area contributed by atoms with Crippen molar-refractivity contribution in [3.63, 3.8) is 0 Å². The molecule has 6 heteroatoms. The SMILES string of the molecule is CCCCCNC(=O)c1ccc(OCC(O)CNC(C)(C)C)c(Cl)c1. The van der Waals surface area contributed by atoms with Gasteiger partial charge in [-0.2, -0.15) is 0 Å². The normalized spacial score (nSPS) is 12.7. The largest absolute Gasteiger partial charge is 0.489 e. The zero-order chi connectivity index (χ0) is 18.9. The van der Waals surface area contributed by atoms with Crippen molar-refractivity contribution < 1.29 is 14.6 Å². The molecule has 0 spiro atoms. The lowest BCUT2D eigenvalue weighted by atomic mass is 10.1. The third-order valence-electron chi connectivity index (χ3n) is 3.56. The predicted molar refractivity (Wildman–Crippen MR) is 103 cm³/mol. The number of aliphatic hydroxyl groups excluding tert-OH is 1. The maximum atomic E-state index is 12.1. The predicted octanol–water partition coefficient (Wildman–Crippen LogP) is 3.39. The van der Waals surface area contributed by atoms with E-state index in [4.69, 9.17) is 16.3 Å². The number of halogens is 1. The second-order valence-electron chi connectivity index (χ2n) is 7.20. The van der Waals surface area contributed by atoms with E-state index in [9.17, 15) is 9.90 Å². The van der Waals surface area contributed by atoms with Crippen LogP contribution < -0.4 is 15.4 Å². The van der Waals surface area contributed by atoms with E-state index in [1.54, 1.807) is 18.2 Å². The summed E-state index contributed by atoms with van der Waals surface area (Å²) in [5.41, 5.74) is 0.439. The summed E-state index contributed by atoms with van der Waals surface area (Å²) in [6.45, 7) is 9.44. The van der Waals surface area contributed by atoms with Crippen LogP contribution in [0.2, 0.25) is 5.02 Å². The van der Waals surface area contributed by atoms with Crippen LogP contribution in [0, 0.1) is 0 Å². The summed E-state index contributed by atoms with van der Waals surface area (Å²) < 4.78 is 5.56. The van der Waals surface area contributed by atoms with Crippen LogP contribution in [-0.4, -0.2) is 42.4 Å². The highest BCUT2D eigenvalue weighted by atomic mass is 35.5. The van der Waals surface area contributed by atoms with Crippen molar-refractivity contribution >= 4 is 17.5 Å². The maximum absolute atomic E-state index is 12.1. The summed E-state index contributed by atoms with van der Waals surface area (Å²) in [4.78, 5) is 12.1. The maximum Gasteiger partial charge on any atom is 0.251 e. The molecule has 142 valence electrons. The summed E-state index contributed by atoms with van der Waals surface area (Å²) in [5.74, 6) is 0.318. The van der Waals surface area contributed by atoms with Gasteiger partial charge in [-0.05, 0) is 45.4 Å². The Morgan fingerprint density at radius 2 is 2.04 bits per heavy atom. The first-order valence-corrected chi connectivity index (χ1v) is 9.24. The van der Waals surface area contributed by atoms with Crippen molar-refractivity contribution in [3.05, 3.63) is 28.8 Å². The van der Waals surface area contributed by atoms with Crippen LogP contribution in [0.1, 0.15) is 57.3 Å². The molecule has 1 unspecified atom stereocenters. The van der Waals surface area contributed by atoms with E-state index < -0.39 is 6.10 Å². The van der Waals surface area contributed by atoms with Gasteiger partial charge in [0, 0.05) is 24.2 Å². The number of hydrogen-bond donors (Lipinski definition) is 3. The van der Waals surface area contributed by atoms with E-state index in [2.05, 4.69) is 17.6 Å². The summed E-state index contributed by atoms with van der Waals surface area (Å²) in [5, 5.41) is 16.4. The number of rotatable bonds is 10. The zero-order valence-electron chi connectivity index (χ0n) is 15.7. The van der Waals surface area contributed by atoms with Gasteiger partial charge in [-0.1, -0.05) is 31.4 Å². The lowest BCUT2D eigenvalue weighted by Crippen LogP contribution is -2.42. The molecule has 0 heterocycles. The molecule has 1 amide bonds. The molecule has 1 aromatic rings. The van der Waals surface area contributed by atoms with Crippen LogP contribution in [0.3, 0.4) is 0 Å². The highest BCUT2D eigenvalue weighted by Crippen LogP contribution is 2.25. The van der Waals surface area contributed by atoms with Gasteiger partial charge < -0.3 is 20.5 Å². The first-order valence-electron chi connectivity index (χ1n) is 8.86. The summed E-state index contributed by atoms with van der Waals surface area (Å²) in [6, 6.07) is 4.93. The van der Waals surface area contributed by atoms with Gasteiger partial charge in [0.25, 0.3) is 5.91 Å². The van der Waals surface area contributed by atoms with Crippen LogP contribution in [0.15, 0.2) is 18.2 Å². The fourth-order valence-corrected chi connectivity index (χ4v) is 2.34. The molecule has 0 aliphatic carbocycles. The van der Waals surface area contributed by atoms with Crippen LogP contribution in [0.25, 0.3) is 0 Å². The number of benzene rings is 1. The van der Waals surface area contributed by atoms with Crippen molar-refractivity contribution in [2.24, 2.45) is 0 Å². The van der Waals surface area contributed by atoms with E-state index >= 15 is 0 Å². The van der Waals surface area contributed by atoms with Crippen LogP contribution in [0.4, 0.5) is 0 Å². The van der Waals surface area contributed by atoms with Gasteiger partial charge in [0.15, 0.2) is 0 Å². The molecule has 0 aromatic heterocycles. The highest BCUT2D eigenvalue weighted by Gasteiger charge is 2.14. The minimum absolute atomic E-state index is 0.0647. The second kappa shape index (κ2) is 10.6. The Balaban J connectivity index is 2.48. The summed E-state index contributed by atoms with van der Waals surface area (Å²) in [7, 11) is 0. The molecule has 1 aromatic carbocycles. The number of hydrogen-bond acceptors (Lipinski definition) is 4. The number of aliphatic hydroxyl groups is 1. The number of β-amino-alcohol motifs (C(OH)–C–C–N with tert-alkyl or cyclic N) is 1. The van der Waals surface area contributed by atoms with Crippen molar-refractivity contribution in [2.45, 2.75) is 58.6 Å². The van der Waals surface area contributed by atoms with Crippen LogP contribution in [0.5, 0.6) is 5.75 Å². The molecule has 0 aliphatic rings. The van der Waals surface area contributed by atoms with Gasteiger partial charge in [-0.15, -0.1) is 0 Å². The van der Waals surface area contributed by atoms with Crippen molar-refractivity contribution in [1.29, 1.82) is 0 Å². The minimum atomic E-state index is -0.642. The van der Waals surface area contributed by atoms with Crippen molar-refractivity contribution in [2.75, 3.05) is 19.7 Å². The average Bonchev–Trinajstić information content (AvgIpc) is 2.55. The first kappa shape index (κ1) is 21.7. The first-order chi connectivity index (χ1) is 11.7. The molecule has 1 rings (SSSR count). The number of ether oxygens (including phenoxy) is 1. The summed E-state index contributed by atoms with van der Waals surface area (Å²) in [6.07, 6.45) is 2.54. The monoisotopic (exact) mass is 370 g/mol. The fraction of sp³-hybridized carbons (Fsp3) is 0.632. The Morgan fingerprint density at radius 1 is 1.32 bits per heavy atom. The minimum Gasteiger partial charge on any atom is -0.489 e. The van der Waals surface area contributed by atoms with E-state index in [0.29, 0.717) is 29.4 Å². The molecule has 5 nitrogen and oxygen atoms in total. The molecular weight excluding hydrogens is 340 g/mol. The molecule has 25 heavy (non-hydrogen) atoms. The number of unbranched alkanes of at least 4 members (excludes halogenated alkanes) is 2. The molecular formula is C19H31ClN2O3. The molecule has 0 aliphatic heterocycles.